The lowest BCUT2D eigenvalue weighted by Crippen LogP contribution is -2.36. The molecule has 0 aliphatic carbocycles. The van der Waals surface area contributed by atoms with Gasteiger partial charge in [-0.25, -0.2) is 10.2 Å². The Balaban J connectivity index is 1.75. The largest absolute Gasteiger partial charge is 0.393 e. The highest BCUT2D eigenvalue weighted by molar-refractivity contribution is 5.92. The summed E-state index contributed by atoms with van der Waals surface area (Å²) in [5.74, 6) is 5.15. The van der Waals surface area contributed by atoms with Gasteiger partial charge in [0.15, 0.2) is 6.29 Å². The third kappa shape index (κ3) is 6.82. The SMILES string of the molecule is N/C(=C\N(N)CC(F)CCn1cc(C=O)nn1)C(=O)NCc1ccccn1. The molecule has 144 valence electrons. The summed E-state index contributed by atoms with van der Waals surface area (Å²) in [6, 6.07) is 5.33. The minimum Gasteiger partial charge on any atom is -0.393 e. The Morgan fingerprint density at radius 1 is 1.44 bits per heavy atom. The second-order valence-corrected chi connectivity index (χ2v) is 5.70. The highest BCUT2D eigenvalue weighted by Crippen LogP contribution is 2.03. The van der Waals surface area contributed by atoms with Crippen molar-refractivity contribution in [2.45, 2.75) is 25.7 Å². The number of amides is 1. The molecule has 0 bridgehead atoms. The highest BCUT2D eigenvalue weighted by atomic mass is 19.1. The normalized spacial score (nSPS) is 12.4. The maximum Gasteiger partial charge on any atom is 0.269 e. The number of alkyl halides is 1. The van der Waals surface area contributed by atoms with Crippen LogP contribution in [0.4, 0.5) is 4.39 Å². The van der Waals surface area contributed by atoms with Gasteiger partial charge >= 0.3 is 0 Å². The molecule has 11 heteroatoms. The van der Waals surface area contributed by atoms with Crippen LogP contribution in [-0.4, -0.2) is 49.9 Å². The van der Waals surface area contributed by atoms with Crippen LogP contribution in [0.15, 0.2) is 42.5 Å². The smallest absolute Gasteiger partial charge is 0.269 e. The van der Waals surface area contributed by atoms with Crippen LogP contribution in [-0.2, 0) is 17.9 Å². The number of carbonyl (C=O) groups excluding carboxylic acids is 2. The lowest BCUT2D eigenvalue weighted by Gasteiger charge is -2.17. The second-order valence-electron chi connectivity index (χ2n) is 5.70. The first-order valence-corrected chi connectivity index (χ1v) is 8.14. The molecule has 2 aromatic rings. The molecule has 0 fully saturated rings. The van der Waals surface area contributed by atoms with Crippen LogP contribution in [0, 0.1) is 0 Å². The first-order chi connectivity index (χ1) is 13.0. The van der Waals surface area contributed by atoms with E-state index in [1.807, 2.05) is 0 Å². The molecule has 2 rings (SSSR count). The summed E-state index contributed by atoms with van der Waals surface area (Å²) in [7, 11) is 0. The number of carbonyl (C=O) groups is 2. The fraction of sp³-hybridized carbons (Fsp3) is 0.312. The van der Waals surface area contributed by atoms with Crippen molar-refractivity contribution in [3.05, 3.63) is 53.9 Å². The van der Waals surface area contributed by atoms with Crippen LogP contribution < -0.4 is 16.9 Å². The second kappa shape index (κ2) is 9.97. The van der Waals surface area contributed by atoms with Crippen molar-refractivity contribution >= 4 is 12.2 Å². The third-order valence-electron chi connectivity index (χ3n) is 3.48. The van der Waals surface area contributed by atoms with Crippen LogP contribution in [0.3, 0.4) is 0 Å². The number of hydrogen-bond acceptors (Lipinski definition) is 8. The number of nitrogens with one attached hydrogen (secondary N) is 1. The number of nitrogens with zero attached hydrogens (tertiary/aromatic N) is 5. The molecule has 0 saturated heterocycles. The molecular weight excluding hydrogens is 355 g/mol. The fourth-order valence-electron chi connectivity index (χ4n) is 2.13. The number of aromatic nitrogens is 4. The lowest BCUT2D eigenvalue weighted by molar-refractivity contribution is -0.117. The maximum atomic E-state index is 14.0. The van der Waals surface area contributed by atoms with Gasteiger partial charge in [-0.3, -0.25) is 19.3 Å². The molecule has 0 saturated carbocycles. The Morgan fingerprint density at radius 2 is 2.26 bits per heavy atom. The van der Waals surface area contributed by atoms with Crippen LogP contribution in [0.25, 0.3) is 0 Å². The molecule has 0 aliphatic heterocycles. The van der Waals surface area contributed by atoms with E-state index in [9.17, 15) is 14.0 Å². The zero-order chi connectivity index (χ0) is 19.6. The third-order valence-corrected chi connectivity index (χ3v) is 3.48. The van der Waals surface area contributed by atoms with Crippen molar-refractivity contribution < 1.29 is 14.0 Å². The van der Waals surface area contributed by atoms with Gasteiger partial charge in [0, 0.05) is 25.4 Å². The van der Waals surface area contributed by atoms with E-state index in [-0.39, 0.29) is 37.4 Å². The summed E-state index contributed by atoms with van der Waals surface area (Å²) in [4.78, 5) is 26.5. The van der Waals surface area contributed by atoms with Crippen molar-refractivity contribution in [2.24, 2.45) is 11.6 Å². The van der Waals surface area contributed by atoms with Crippen LogP contribution >= 0.6 is 0 Å². The van der Waals surface area contributed by atoms with Crippen molar-refractivity contribution in [3.63, 3.8) is 0 Å². The van der Waals surface area contributed by atoms with Gasteiger partial charge in [0.25, 0.3) is 5.91 Å². The average molecular weight is 376 g/mol. The molecule has 2 heterocycles. The number of aryl methyl sites for hydroxylation is 1. The van der Waals surface area contributed by atoms with Gasteiger partial charge in [-0.15, -0.1) is 5.10 Å². The van der Waals surface area contributed by atoms with E-state index >= 15 is 0 Å². The number of nitrogens with two attached hydrogens (primary N) is 2. The van der Waals surface area contributed by atoms with E-state index < -0.39 is 12.1 Å². The number of rotatable bonds is 10. The quantitative estimate of drug-likeness (QED) is 0.218. The molecule has 1 amide bonds. The first-order valence-electron chi connectivity index (χ1n) is 8.14. The fourth-order valence-corrected chi connectivity index (χ4v) is 2.13. The molecule has 2 aromatic heterocycles. The standard InChI is InChI=1S/C16H21FN8O2/c17-12(4-6-25-9-14(11-26)22-23-25)8-24(19)10-15(18)16(27)21-7-13-3-1-2-5-20-13/h1-3,5,9-12H,4,6-8,18-19H2,(H,21,27)/b15-10-. The maximum absolute atomic E-state index is 14.0. The Bertz CT molecular complexity index is 780. The van der Waals surface area contributed by atoms with Gasteiger partial charge in [-0.05, 0) is 12.1 Å². The van der Waals surface area contributed by atoms with Gasteiger partial charge in [-0.1, -0.05) is 11.3 Å². The minimum atomic E-state index is -1.29. The van der Waals surface area contributed by atoms with E-state index in [1.54, 1.807) is 24.4 Å². The van der Waals surface area contributed by atoms with E-state index in [0.29, 0.717) is 12.0 Å². The Labute approximate surface area is 155 Å². The van der Waals surface area contributed by atoms with Crippen molar-refractivity contribution in [2.75, 3.05) is 6.54 Å². The number of hydrogen-bond donors (Lipinski definition) is 3. The van der Waals surface area contributed by atoms with Crippen LogP contribution in [0.5, 0.6) is 0 Å². The summed E-state index contributed by atoms with van der Waals surface area (Å²) in [5.41, 5.74) is 6.38. The summed E-state index contributed by atoms with van der Waals surface area (Å²) in [6.07, 6.45) is 3.58. The highest BCUT2D eigenvalue weighted by Gasteiger charge is 2.12. The number of hydrazine groups is 1. The molecule has 0 aliphatic rings. The molecule has 10 nitrogen and oxygen atoms in total. The van der Waals surface area contributed by atoms with Gasteiger partial charge in [0.1, 0.15) is 17.6 Å². The average Bonchev–Trinajstić information content (AvgIpc) is 3.13. The molecule has 0 aromatic carbocycles. The molecule has 1 atom stereocenters. The Hall–Kier alpha value is -3.34. The van der Waals surface area contributed by atoms with Gasteiger partial charge in [-0.2, -0.15) is 0 Å². The van der Waals surface area contributed by atoms with Gasteiger partial charge < -0.3 is 16.1 Å². The monoisotopic (exact) mass is 376 g/mol. The summed E-state index contributed by atoms with van der Waals surface area (Å²) < 4.78 is 15.4. The lowest BCUT2D eigenvalue weighted by atomic mass is 10.2. The summed E-state index contributed by atoms with van der Waals surface area (Å²) >= 11 is 0. The minimum absolute atomic E-state index is 0.106. The van der Waals surface area contributed by atoms with Crippen molar-refractivity contribution in [3.8, 4) is 0 Å². The van der Waals surface area contributed by atoms with Gasteiger partial charge in [0.05, 0.1) is 25.0 Å². The van der Waals surface area contributed by atoms with E-state index in [0.717, 1.165) is 5.01 Å². The molecule has 0 radical (unpaired) electrons. The summed E-state index contributed by atoms with van der Waals surface area (Å²) in [6.45, 7) is 0.286. The Morgan fingerprint density at radius 3 is 2.93 bits per heavy atom. The molecule has 27 heavy (non-hydrogen) atoms. The molecule has 5 N–H and O–H groups in total. The van der Waals surface area contributed by atoms with E-state index in [4.69, 9.17) is 11.6 Å². The van der Waals surface area contributed by atoms with Crippen LogP contribution in [0.1, 0.15) is 22.6 Å². The number of halogens is 1. The van der Waals surface area contributed by atoms with Gasteiger partial charge in [0.2, 0.25) is 0 Å². The van der Waals surface area contributed by atoms with E-state index in [1.165, 1.54) is 17.1 Å². The number of pyridine rings is 1. The topological polar surface area (TPSA) is 145 Å². The van der Waals surface area contributed by atoms with Crippen molar-refractivity contribution in [1.29, 1.82) is 0 Å². The zero-order valence-corrected chi connectivity index (χ0v) is 14.5. The molecule has 1 unspecified atom stereocenters. The molecule has 0 spiro atoms. The predicted octanol–water partition coefficient (Wildman–Crippen LogP) is -0.494. The van der Waals surface area contributed by atoms with Crippen LogP contribution in [0.2, 0.25) is 0 Å². The van der Waals surface area contributed by atoms with Crippen molar-refractivity contribution in [1.82, 2.24) is 30.3 Å². The Kier molecular flexibility index (Phi) is 7.37. The zero-order valence-electron chi connectivity index (χ0n) is 14.5. The summed E-state index contributed by atoms with van der Waals surface area (Å²) in [5, 5.41) is 10.9. The predicted molar refractivity (Wildman–Crippen MR) is 94.2 cm³/mol. The van der Waals surface area contributed by atoms with E-state index in [2.05, 4.69) is 20.6 Å². The molecular formula is C16H21FN8O2. The first kappa shape index (κ1) is 20.0. The number of aldehydes is 1.